The summed E-state index contributed by atoms with van der Waals surface area (Å²) in [5.41, 5.74) is -0.235. The number of ketones is 1. The average molecular weight is 438 g/mol. The van der Waals surface area contributed by atoms with Crippen LogP contribution in [0.5, 0.6) is 0 Å². The van der Waals surface area contributed by atoms with Crippen molar-refractivity contribution in [2.45, 2.75) is 38.5 Å². The van der Waals surface area contributed by atoms with Crippen LogP contribution in [0.25, 0.3) is 5.65 Å². The standard InChI is InChI=1S/C23H23FN4O4/c24-17-7-9-21-26-13-20(27(21)14-17)22(29)18-8-6-16(12-19(18)28(31)32)23(30)25-11-10-15-4-2-1-3-5-15/h6-9,12-15H,1-5,10-11H2,(H,25,30). The van der Waals surface area contributed by atoms with Gasteiger partial charge in [-0.05, 0) is 36.6 Å². The molecule has 166 valence electrons. The Morgan fingerprint density at radius 3 is 2.72 bits per heavy atom. The second kappa shape index (κ2) is 9.25. The van der Waals surface area contributed by atoms with Gasteiger partial charge >= 0.3 is 0 Å². The van der Waals surface area contributed by atoms with Crippen LogP contribution in [0, 0.1) is 21.8 Å². The monoisotopic (exact) mass is 438 g/mol. The normalized spacial score (nSPS) is 14.4. The van der Waals surface area contributed by atoms with E-state index in [0.29, 0.717) is 18.1 Å². The second-order valence-electron chi connectivity index (χ2n) is 8.09. The number of hydrogen-bond donors (Lipinski definition) is 1. The van der Waals surface area contributed by atoms with Gasteiger partial charge in [0.2, 0.25) is 5.78 Å². The number of aromatic nitrogens is 2. The molecule has 0 radical (unpaired) electrons. The molecule has 0 aliphatic heterocycles. The summed E-state index contributed by atoms with van der Waals surface area (Å²) < 4.78 is 14.9. The molecule has 2 heterocycles. The maximum atomic E-state index is 13.6. The van der Waals surface area contributed by atoms with E-state index in [2.05, 4.69) is 10.3 Å². The highest BCUT2D eigenvalue weighted by Crippen LogP contribution is 2.26. The largest absolute Gasteiger partial charge is 0.352 e. The number of imidazole rings is 1. The first-order chi connectivity index (χ1) is 15.4. The number of carbonyl (C=O) groups is 2. The van der Waals surface area contributed by atoms with Gasteiger partial charge in [0.05, 0.1) is 11.1 Å². The minimum atomic E-state index is -0.699. The van der Waals surface area contributed by atoms with E-state index in [9.17, 15) is 24.1 Å². The fourth-order valence-corrected chi connectivity index (χ4v) is 4.24. The molecule has 1 aliphatic rings. The molecule has 32 heavy (non-hydrogen) atoms. The van der Waals surface area contributed by atoms with E-state index in [1.54, 1.807) is 0 Å². The third-order valence-electron chi connectivity index (χ3n) is 5.97. The lowest BCUT2D eigenvalue weighted by molar-refractivity contribution is -0.385. The maximum Gasteiger partial charge on any atom is 0.281 e. The molecule has 0 atom stereocenters. The predicted molar refractivity (Wildman–Crippen MR) is 115 cm³/mol. The number of halogens is 1. The Labute approximate surface area is 183 Å². The summed E-state index contributed by atoms with van der Waals surface area (Å²) in [6.45, 7) is 0.505. The van der Waals surface area contributed by atoms with Crippen LogP contribution in [-0.2, 0) is 0 Å². The molecule has 0 bridgehead atoms. The van der Waals surface area contributed by atoms with Crippen LogP contribution in [0.3, 0.4) is 0 Å². The Hall–Kier alpha value is -3.62. The van der Waals surface area contributed by atoms with Gasteiger partial charge in [0, 0.05) is 24.4 Å². The molecule has 2 aromatic heterocycles. The van der Waals surface area contributed by atoms with Crippen LogP contribution in [-0.4, -0.2) is 32.5 Å². The number of nitrogens with zero attached hydrogens (tertiary/aromatic N) is 3. The van der Waals surface area contributed by atoms with Gasteiger partial charge < -0.3 is 5.32 Å². The zero-order valence-corrected chi connectivity index (χ0v) is 17.4. The molecule has 8 nitrogen and oxygen atoms in total. The SMILES string of the molecule is O=C(NCCC1CCCCC1)c1ccc(C(=O)c2cnc3ccc(F)cn23)c([N+](=O)[O-])c1. The minimum absolute atomic E-state index is 0.00714. The number of rotatable bonds is 7. The van der Waals surface area contributed by atoms with Crippen molar-refractivity contribution < 1.29 is 18.9 Å². The number of nitro benzene ring substituents is 1. The van der Waals surface area contributed by atoms with Crippen LogP contribution >= 0.6 is 0 Å². The molecule has 1 aliphatic carbocycles. The Balaban J connectivity index is 1.53. The van der Waals surface area contributed by atoms with Gasteiger partial charge in [-0.2, -0.15) is 0 Å². The Bertz CT molecular complexity index is 1180. The Morgan fingerprint density at radius 1 is 1.19 bits per heavy atom. The number of benzene rings is 1. The molecule has 1 N–H and O–H groups in total. The van der Waals surface area contributed by atoms with Gasteiger partial charge in [0.1, 0.15) is 22.7 Å². The molecule has 1 saturated carbocycles. The van der Waals surface area contributed by atoms with E-state index in [4.69, 9.17) is 0 Å². The van der Waals surface area contributed by atoms with E-state index in [1.807, 2.05) is 0 Å². The topological polar surface area (TPSA) is 107 Å². The fraction of sp³-hybridized carbons (Fsp3) is 0.348. The Kier molecular flexibility index (Phi) is 6.25. The third kappa shape index (κ3) is 4.51. The average Bonchev–Trinajstić information content (AvgIpc) is 3.21. The maximum absolute atomic E-state index is 13.6. The van der Waals surface area contributed by atoms with Crippen molar-refractivity contribution >= 4 is 23.0 Å². The van der Waals surface area contributed by atoms with Gasteiger partial charge in [0.25, 0.3) is 11.6 Å². The van der Waals surface area contributed by atoms with Crippen molar-refractivity contribution in [3.05, 3.63) is 75.5 Å². The third-order valence-corrected chi connectivity index (χ3v) is 5.97. The summed E-state index contributed by atoms with van der Waals surface area (Å²) >= 11 is 0. The number of hydrogen-bond acceptors (Lipinski definition) is 5. The first-order valence-corrected chi connectivity index (χ1v) is 10.7. The summed E-state index contributed by atoms with van der Waals surface area (Å²) in [7, 11) is 0. The molecule has 4 rings (SSSR count). The van der Waals surface area contributed by atoms with E-state index >= 15 is 0 Å². The lowest BCUT2D eigenvalue weighted by atomic mass is 9.87. The summed E-state index contributed by atoms with van der Waals surface area (Å²) in [4.78, 5) is 40.5. The van der Waals surface area contributed by atoms with Crippen molar-refractivity contribution in [2.24, 2.45) is 5.92 Å². The lowest BCUT2D eigenvalue weighted by Gasteiger charge is -2.21. The van der Waals surface area contributed by atoms with E-state index in [0.717, 1.165) is 18.7 Å². The summed E-state index contributed by atoms with van der Waals surface area (Å²) in [6.07, 6.45) is 9.27. The highest BCUT2D eigenvalue weighted by Gasteiger charge is 2.25. The molecule has 1 aromatic carbocycles. The quantitative estimate of drug-likeness (QED) is 0.336. The minimum Gasteiger partial charge on any atom is -0.352 e. The van der Waals surface area contributed by atoms with Crippen LogP contribution in [0.15, 0.2) is 42.7 Å². The van der Waals surface area contributed by atoms with Crippen LogP contribution in [0.2, 0.25) is 0 Å². The smallest absolute Gasteiger partial charge is 0.281 e. The number of nitro groups is 1. The van der Waals surface area contributed by atoms with E-state index in [1.165, 1.54) is 67.0 Å². The van der Waals surface area contributed by atoms with Crippen LogP contribution in [0.4, 0.5) is 10.1 Å². The highest BCUT2D eigenvalue weighted by molar-refractivity contribution is 6.11. The molecule has 0 saturated heterocycles. The first kappa shape index (κ1) is 21.6. The van der Waals surface area contributed by atoms with Crippen molar-refractivity contribution in [1.29, 1.82) is 0 Å². The molecule has 0 unspecified atom stereocenters. The zero-order chi connectivity index (χ0) is 22.7. The van der Waals surface area contributed by atoms with Crippen LogP contribution < -0.4 is 5.32 Å². The predicted octanol–water partition coefficient (Wildman–Crippen LogP) is 4.31. The van der Waals surface area contributed by atoms with Gasteiger partial charge in [-0.25, -0.2) is 9.37 Å². The first-order valence-electron chi connectivity index (χ1n) is 10.7. The van der Waals surface area contributed by atoms with Gasteiger partial charge in [-0.15, -0.1) is 0 Å². The van der Waals surface area contributed by atoms with Crippen LogP contribution in [0.1, 0.15) is 64.9 Å². The summed E-state index contributed by atoms with van der Waals surface area (Å²) in [6, 6.07) is 6.37. The number of fused-ring (bicyclic) bond motifs is 1. The number of carbonyl (C=O) groups excluding carboxylic acids is 2. The zero-order valence-electron chi connectivity index (χ0n) is 17.4. The summed E-state index contributed by atoms with van der Waals surface area (Å²) in [5, 5.41) is 14.5. The van der Waals surface area contributed by atoms with E-state index < -0.39 is 28.1 Å². The number of nitrogens with one attached hydrogen (secondary N) is 1. The summed E-state index contributed by atoms with van der Waals surface area (Å²) in [5.74, 6) is -1.06. The molecule has 0 spiro atoms. The Morgan fingerprint density at radius 2 is 1.97 bits per heavy atom. The highest BCUT2D eigenvalue weighted by atomic mass is 19.1. The lowest BCUT2D eigenvalue weighted by Crippen LogP contribution is -2.26. The molecule has 9 heteroatoms. The van der Waals surface area contributed by atoms with Gasteiger partial charge in [-0.3, -0.25) is 24.1 Å². The fourth-order valence-electron chi connectivity index (χ4n) is 4.24. The van der Waals surface area contributed by atoms with Crippen molar-refractivity contribution in [2.75, 3.05) is 6.54 Å². The van der Waals surface area contributed by atoms with Crippen molar-refractivity contribution in [3.63, 3.8) is 0 Å². The molecule has 1 amide bonds. The van der Waals surface area contributed by atoms with Crippen molar-refractivity contribution in [1.82, 2.24) is 14.7 Å². The number of amides is 1. The molecular weight excluding hydrogens is 415 g/mol. The second-order valence-corrected chi connectivity index (χ2v) is 8.09. The molecule has 1 fully saturated rings. The molecular formula is C23H23FN4O4. The number of pyridine rings is 1. The van der Waals surface area contributed by atoms with Gasteiger partial charge in [-0.1, -0.05) is 32.1 Å². The van der Waals surface area contributed by atoms with Gasteiger partial charge in [0.15, 0.2) is 0 Å². The van der Waals surface area contributed by atoms with Crippen molar-refractivity contribution in [3.8, 4) is 0 Å². The molecule has 3 aromatic rings. The van der Waals surface area contributed by atoms with E-state index in [-0.39, 0.29) is 16.8 Å².